The van der Waals surface area contributed by atoms with E-state index in [1.54, 1.807) is 21.1 Å². The molecule has 0 bridgehead atoms. The monoisotopic (exact) mass is 344 g/mol. The number of aliphatic imine (C=N–C) groups is 1. The maximum atomic E-state index is 5.31. The van der Waals surface area contributed by atoms with Crippen molar-refractivity contribution in [2.75, 3.05) is 45.2 Å². The molecule has 1 fully saturated rings. The molecule has 0 unspecified atom stereocenters. The Morgan fingerprint density at radius 3 is 2.76 bits per heavy atom. The van der Waals surface area contributed by atoms with Crippen molar-refractivity contribution in [2.24, 2.45) is 4.99 Å². The number of nitrogens with one attached hydrogen (secondary N) is 1. The molecule has 8 heteroatoms. The van der Waals surface area contributed by atoms with Gasteiger partial charge in [0.05, 0.1) is 13.7 Å². The van der Waals surface area contributed by atoms with E-state index in [1.807, 2.05) is 12.1 Å². The second-order valence-electron chi connectivity index (χ2n) is 5.81. The third-order valence-electron chi connectivity index (χ3n) is 4.18. The zero-order valence-electron chi connectivity index (χ0n) is 14.9. The Hall–Kier alpha value is -2.77. The van der Waals surface area contributed by atoms with Crippen LogP contribution in [0, 0.1) is 6.92 Å². The molecular weight excluding hydrogens is 320 g/mol. The van der Waals surface area contributed by atoms with Gasteiger partial charge in [0.15, 0.2) is 11.8 Å². The summed E-state index contributed by atoms with van der Waals surface area (Å²) in [6.45, 7) is 5.91. The number of rotatable bonds is 4. The number of nitrogens with zero attached hydrogens (tertiary/aromatic N) is 5. The van der Waals surface area contributed by atoms with E-state index >= 15 is 0 Å². The van der Waals surface area contributed by atoms with Gasteiger partial charge >= 0.3 is 0 Å². The minimum atomic E-state index is 0.500. The minimum absolute atomic E-state index is 0.500. The van der Waals surface area contributed by atoms with Gasteiger partial charge in [-0.3, -0.25) is 4.99 Å². The molecule has 1 aromatic carbocycles. The molecule has 2 aromatic rings. The largest absolute Gasteiger partial charge is 0.497 e. The molecule has 25 heavy (non-hydrogen) atoms. The van der Waals surface area contributed by atoms with Crippen LogP contribution in [0.4, 0.5) is 5.69 Å². The van der Waals surface area contributed by atoms with Crippen LogP contribution in [0.15, 0.2) is 33.8 Å². The van der Waals surface area contributed by atoms with E-state index in [-0.39, 0.29) is 0 Å². The number of piperazine rings is 1. The van der Waals surface area contributed by atoms with Gasteiger partial charge in [0.1, 0.15) is 5.75 Å². The summed E-state index contributed by atoms with van der Waals surface area (Å²) in [4.78, 5) is 13.2. The Balaban J connectivity index is 1.54. The Morgan fingerprint density at radius 1 is 1.32 bits per heavy atom. The average molecular weight is 344 g/mol. The Bertz CT molecular complexity index is 721. The van der Waals surface area contributed by atoms with E-state index in [0.717, 1.165) is 37.9 Å². The van der Waals surface area contributed by atoms with Crippen LogP contribution in [0.2, 0.25) is 0 Å². The topological polar surface area (TPSA) is 79.0 Å². The molecule has 0 saturated carbocycles. The van der Waals surface area contributed by atoms with Gasteiger partial charge in [-0.25, -0.2) is 0 Å². The number of anilines is 1. The van der Waals surface area contributed by atoms with Gasteiger partial charge in [0, 0.05) is 51.9 Å². The van der Waals surface area contributed by atoms with E-state index in [1.165, 1.54) is 5.69 Å². The molecule has 0 radical (unpaired) electrons. The third-order valence-corrected chi connectivity index (χ3v) is 4.18. The number of hydrogen-bond donors (Lipinski definition) is 1. The van der Waals surface area contributed by atoms with Crippen LogP contribution >= 0.6 is 0 Å². The minimum Gasteiger partial charge on any atom is -0.497 e. The molecule has 1 aromatic heterocycles. The van der Waals surface area contributed by atoms with E-state index in [0.29, 0.717) is 18.3 Å². The normalized spacial score (nSPS) is 15.4. The molecule has 1 N–H and O–H groups in total. The van der Waals surface area contributed by atoms with Crippen molar-refractivity contribution in [2.45, 2.75) is 13.5 Å². The number of hydrogen-bond acceptors (Lipinski definition) is 6. The number of aryl methyl sites for hydroxylation is 1. The zero-order chi connectivity index (χ0) is 17.6. The predicted octanol–water partition coefficient (Wildman–Crippen LogP) is 1.28. The van der Waals surface area contributed by atoms with Gasteiger partial charge in [-0.15, -0.1) is 0 Å². The lowest BCUT2D eigenvalue weighted by atomic mass is 10.2. The summed E-state index contributed by atoms with van der Waals surface area (Å²) >= 11 is 0. The van der Waals surface area contributed by atoms with Crippen molar-refractivity contribution >= 4 is 11.6 Å². The summed E-state index contributed by atoms with van der Waals surface area (Å²) in [5.74, 6) is 2.94. The molecule has 3 rings (SSSR count). The number of methoxy groups -OCH3 is 1. The van der Waals surface area contributed by atoms with Gasteiger partial charge < -0.3 is 24.4 Å². The number of benzene rings is 1. The fourth-order valence-electron chi connectivity index (χ4n) is 2.89. The molecular formula is C17H24N6O2. The number of guanidine groups is 1. The van der Waals surface area contributed by atoms with Crippen molar-refractivity contribution < 1.29 is 9.26 Å². The SMILES string of the molecule is CN=C(NCc1noc(C)n1)N1CCN(c2cccc(OC)c2)CC1. The highest BCUT2D eigenvalue weighted by Crippen LogP contribution is 2.22. The number of ether oxygens (including phenoxy) is 1. The van der Waals surface area contributed by atoms with Gasteiger partial charge in [0.25, 0.3) is 0 Å². The Morgan fingerprint density at radius 2 is 2.12 bits per heavy atom. The summed E-state index contributed by atoms with van der Waals surface area (Å²) in [6, 6.07) is 8.17. The van der Waals surface area contributed by atoms with Crippen molar-refractivity contribution in [3.05, 3.63) is 36.0 Å². The van der Waals surface area contributed by atoms with Crippen molar-refractivity contribution in [3.8, 4) is 5.75 Å². The first kappa shape index (κ1) is 17.1. The molecule has 1 aliphatic heterocycles. The summed E-state index contributed by atoms with van der Waals surface area (Å²) in [6.07, 6.45) is 0. The lowest BCUT2D eigenvalue weighted by Gasteiger charge is -2.37. The second kappa shape index (κ2) is 7.87. The smallest absolute Gasteiger partial charge is 0.223 e. The summed E-state index contributed by atoms with van der Waals surface area (Å²) in [5, 5.41) is 7.19. The molecule has 0 amide bonds. The first-order chi connectivity index (χ1) is 12.2. The highest BCUT2D eigenvalue weighted by molar-refractivity contribution is 5.80. The molecule has 0 atom stereocenters. The van der Waals surface area contributed by atoms with Crippen LogP contribution in [0.5, 0.6) is 5.75 Å². The maximum absolute atomic E-state index is 5.31. The predicted molar refractivity (Wildman–Crippen MR) is 96.0 cm³/mol. The van der Waals surface area contributed by atoms with Crippen molar-refractivity contribution in [1.29, 1.82) is 0 Å². The average Bonchev–Trinajstić information content (AvgIpc) is 3.08. The molecule has 1 saturated heterocycles. The van der Waals surface area contributed by atoms with Crippen LogP contribution in [-0.2, 0) is 6.54 Å². The second-order valence-corrected chi connectivity index (χ2v) is 5.81. The van der Waals surface area contributed by atoms with E-state index < -0.39 is 0 Å². The van der Waals surface area contributed by atoms with Crippen LogP contribution in [0.25, 0.3) is 0 Å². The fraction of sp³-hybridized carbons (Fsp3) is 0.471. The standard InChI is InChI=1S/C17H24N6O2/c1-13-20-16(21-25-13)12-19-17(18-2)23-9-7-22(8-10-23)14-5-4-6-15(11-14)24-3/h4-6,11H,7-10,12H2,1-3H3,(H,18,19). The highest BCUT2D eigenvalue weighted by atomic mass is 16.5. The van der Waals surface area contributed by atoms with Gasteiger partial charge in [-0.2, -0.15) is 4.98 Å². The lowest BCUT2D eigenvalue weighted by molar-refractivity contribution is 0.368. The lowest BCUT2D eigenvalue weighted by Crippen LogP contribution is -2.52. The molecule has 2 heterocycles. The number of aromatic nitrogens is 2. The maximum Gasteiger partial charge on any atom is 0.223 e. The van der Waals surface area contributed by atoms with E-state index in [2.05, 4.69) is 42.4 Å². The van der Waals surface area contributed by atoms with Crippen molar-refractivity contribution in [3.63, 3.8) is 0 Å². The van der Waals surface area contributed by atoms with Crippen LogP contribution in [0.1, 0.15) is 11.7 Å². The third kappa shape index (κ3) is 4.20. The molecule has 0 aliphatic carbocycles. The van der Waals surface area contributed by atoms with Crippen LogP contribution in [0.3, 0.4) is 0 Å². The summed E-state index contributed by atoms with van der Waals surface area (Å²) in [7, 11) is 3.48. The molecule has 134 valence electrons. The first-order valence-corrected chi connectivity index (χ1v) is 8.33. The molecule has 0 spiro atoms. The zero-order valence-corrected chi connectivity index (χ0v) is 14.9. The van der Waals surface area contributed by atoms with Crippen molar-refractivity contribution in [1.82, 2.24) is 20.4 Å². The summed E-state index contributed by atoms with van der Waals surface area (Å²) < 4.78 is 10.3. The molecule has 1 aliphatic rings. The van der Waals surface area contributed by atoms with E-state index in [9.17, 15) is 0 Å². The van der Waals surface area contributed by atoms with Crippen LogP contribution in [-0.4, -0.2) is 61.3 Å². The fourth-order valence-corrected chi connectivity index (χ4v) is 2.89. The molecule has 8 nitrogen and oxygen atoms in total. The highest BCUT2D eigenvalue weighted by Gasteiger charge is 2.20. The van der Waals surface area contributed by atoms with Crippen LogP contribution < -0.4 is 15.0 Å². The van der Waals surface area contributed by atoms with Gasteiger partial charge in [0.2, 0.25) is 5.89 Å². The van der Waals surface area contributed by atoms with E-state index in [4.69, 9.17) is 9.26 Å². The van der Waals surface area contributed by atoms with Gasteiger partial charge in [-0.05, 0) is 12.1 Å². The summed E-state index contributed by atoms with van der Waals surface area (Å²) in [5.41, 5.74) is 1.18. The first-order valence-electron chi connectivity index (χ1n) is 8.33. The quantitative estimate of drug-likeness (QED) is 0.661. The van der Waals surface area contributed by atoms with Gasteiger partial charge in [-0.1, -0.05) is 11.2 Å². The Labute approximate surface area is 147 Å². The Kier molecular flexibility index (Phi) is 5.37.